The molecule has 112 valence electrons. The van der Waals surface area contributed by atoms with E-state index in [2.05, 4.69) is 10.1 Å². The highest BCUT2D eigenvalue weighted by molar-refractivity contribution is 7.13. The van der Waals surface area contributed by atoms with E-state index in [4.69, 9.17) is 9.26 Å². The van der Waals surface area contributed by atoms with Crippen LogP contribution in [-0.2, 0) is 16.0 Å². The first kappa shape index (κ1) is 14.2. The molecule has 0 bridgehead atoms. The van der Waals surface area contributed by atoms with Gasteiger partial charge in [0.2, 0.25) is 17.6 Å². The smallest absolute Gasteiger partial charge is 0.227 e. The Kier molecular flexibility index (Phi) is 4.31. The second-order valence-electron chi connectivity index (χ2n) is 5.01. The Hall–Kier alpha value is -1.73. The van der Waals surface area contributed by atoms with Gasteiger partial charge in [-0.15, -0.1) is 11.3 Å². The molecule has 0 aromatic carbocycles. The summed E-state index contributed by atoms with van der Waals surface area (Å²) in [5, 5.41) is 5.91. The van der Waals surface area contributed by atoms with Crippen LogP contribution in [0.15, 0.2) is 22.0 Å². The van der Waals surface area contributed by atoms with Gasteiger partial charge >= 0.3 is 0 Å². The first-order valence-corrected chi connectivity index (χ1v) is 7.86. The Morgan fingerprint density at radius 3 is 3.24 bits per heavy atom. The van der Waals surface area contributed by atoms with Crippen molar-refractivity contribution in [2.45, 2.75) is 25.9 Å². The average molecular weight is 307 g/mol. The normalized spacial score (nSPS) is 18.9. The van der Waals surface area contributed by atoms with Crippen molar-refractivity contribution in [2.24, 2.45) is 0 Å². The van der Waals surface area contributed by atoms with Crippen LogP contribution in [0.5, 0.6) is 0 Å². The number of hydrogen-bond donors (Lipinski definition) is 0. The maximum absolute atomic E-state index is 12.1. The SMILES string of the molecule is CC1CN(C(=O)CCc2nc(-c3cccs3)no2)CCO1. The van der Waals surface area contributed by atoms with Crippen LogP contribution in [0, 0.1) is 0 Å². The third-order valence-corrected chi connectivity index (χ3v) is 4.22. The van der Waals surface area contributed by atoms with Crippen LogP contribution in [0.4, 0.5) is 0 Å². The highest BCUT2D eigenvalue weighted by atomic mass is 32.1. The molecule has 0 saturated carbocycles. The van der Waals surface area contributed by atoms with E-state index in [1.807, 2.05) is 29.3 Å². The van der Waals surface area contributed by atoms with E-state index in [0.717, 1.165) is 4.88 Å². The van der Waals surface area contributed by atoms with Crippen molar-refractivity contribution in [1.82, 2.24) is 15.0 Å². The number of thiophene rings is 1. The predicted molar refractivity (Wildman–Crippen MR) is 77.9 cm³/mol. The van der Waals surface area contributed by atoms with Crippen LogP contribution in [0.2, 0.25) is 0 Å². The molecule has 0 aliphatic carbocycles. The number of morpholine rings is 1. The van der Waals surface area contributed by atoms with Crippen LogP contribution in [0.3, 0.4) is 0 Å². The number of ether oxygens (including phenoxy) is 1. The summed E-state index contributed by atoms with van der Waals surface area (Å²) in [5.74, 6) is 1.21. The van der Waals surface area contributed by atoms with E-state index in [1.165, 1.54) is 0 Å². The van der Waals surface area contributed by atoms with Crippen LogP contribution >= 0.6 is 11.3 Å². The number of carbonyl (C=O) groups excluding carboxylic acids is 1. The van der Waals surface area contributed by atoms with Gasteiger partial charge in [0.15, 0.2) is 0 Å². The van der Waals surface area contributed by atoms with Crippen molar-refractivity contribution in [1.29, 1.82) is 0 Å². The Morgan fingerprint density at radius 1 is 1.57 bits per heavy atom. The highest BCUT2D eigenvalue weighted by Gasteiger charge is 2.21. The van der Waals surface area contributed by atoms with Gasteiger partial charge in [-0.1, -0.05) is 11.2 Å². The minimum absolute atomic E-state index is 0.108. The van der Waals surface area contributed by atoms with E-state index in [1.54, 1.807) is 11.3 Å². The summed E-state index contributed by atoms with van der Waals surface area (Å²) in [7, 11) is 0. The van der Waals surface area contributed by atoms with Crippen LogP contribution in [0.25, 0.3) is 10.7 Å². The molecule has 0 spiro atoms. The van der Waals surface area contributed by atoms with E-state index in [0.29, 0.717) is 44.3 Å². The summed E-state index contributed by atoms with van der Waals surface area (Å²) in [5.41, 5.74) is 0. The zero-order chi connectivity index (χ0) is 14.7. The Bertz CT molecular complexity index is 596. The Morgan fingerprint density at radius 2 is 2.48 bits per heavy atom. The van der Waals surface area contributed by atoms with Crippen molar-refractivity contribution >= 4 is 17.2 Å². The molecule has 21 heavy (non-hydrogen) atoms. The van der Waals surface area contributed by atoms with Gasteiger partial charge in [0, 0.05) is 25.9 Å². The number of amides is 1. The van der Waals surface area contributed by atoms with Crippen LogP contribution in [0.1, 0.15) is 19.2 Å². The molecular formula is C14H17N3O3S. The van der Waals surface area contributed by atoms with Crippen molar-refractivity contribution < 1.29 is 14.1 Å². The van der Waals surface area contributed by atoms with Gasteiger partial charge in [0.25, 0.3) is 0 Å². The molecule has 6 nitrogen and oxygen atoms in total. The standard InChI is InChI=1S/C14H17N3O3S/c1-10-9-17(6-7-19-10)13(18)5-4-12-15-14(16-20-12)11-3-2-8-21-11/h2-3,8,10H,4-7,9H2,1H3. The second-order valence-corrected chi connectivity index (χ2v) is 5.96. The zero-order valence-corrected chi connectivity index (χ0v) is 12.6. The minimum Gasteiger partial charge on any atom is -0.375 e. The molecule has 0 radical (unpaired) electrons. The number of hydrogen-bond acceptors (Lipinski definition) is 6. The maximum atomic E-state index is 12.1. The van der Waals surface area contributed by atoms with Crippen molar-refractivity contribution in [3.05, 3.63) is 23.4 Å². The number of rotatable bonds is 4. The number of carbonyl (C=O) groups is 1. The third-order valence-electron chi connectivity index (χ3n) is 3.36. The number of nitrogens with zero attached hydrogens (tertiary/aromatic N) is 3. The molecule has 1 amide bonds. The first-order valence-electron chi connectivity index (χ1n) is 6.98. The summed E-state index contributed by atoms with van der Waals surface area (Å²) in [6.07, 6.45) is 0.971. The molecule has 2 aromatic rings. The fourth-order valence-corrected chi connectivity index (χ4v) is 2.93. The molecule has 1 atom stereocenters. The number of aromatic nitrogens is 2. The molecule has 1 saturated heterocycles. The maximum Gasteiger partial charge on any atom is 0.227 e. The molecule has 1 fully saturated rings. The summed E-state index contributed by atoms with van der Waals surface area (Å²) in [4.78, 5) is 19.3. The largest absolute Gasteiger partial charge is 0.375 e. The van der Waals surface area contributed by atoms with Gasteiger partial charge in [0.1, 0.15) is 0 Å². The lowest BCUT2D eigenvalue weighted by Crippen LogP contribution is -2.44. The fourth-order valence-electron chi connectivity index (χ4n) is 2.28. The molecule has 1 unspecified atom stereocenters. The van der Waals surface area contributed by atoms with E-state index in [-0.39, 0.29) is 12.0 Å². The topological polar surface area (TPSA) is 68.5 Å². The molecular weight excluding hydrogens is 290 g/mol. The summed E-state index contributed by atoms with van der Waals surface area (Å²) in [6, 6.07) is 3.89. The highest BCUT2D eigenvalue weighted by Crippen LogP contribution is 2.21. The van der Waals surface area contributed by atoms with E-state index >= 15 is 0 Å². The molecule has 0 N–H and O–H groups in total. The Balaban J connectivity index is 1.54. The van der Waals surface area contributed by atoms with Crippen molar-refractivity contribution in [3.8, 4) is 10.7 Å². The monoisotopic (exact) mass is 307 g/mol. The zero-order valence-electron chi connectivity index (χ0n) is 11.8. The minimum atomic E-state index is 0.108. The lowest BCUT2D eigenvalue weighted by atomic mass is 10.2. The predicted octanol–water partition coefficient (Wildman–Crippen LogP) is 1.98. The van der Waals surface area contributed by atoms with E-state index in [9.17, 15) is 4.79 Å². The number of aryl methyl sites for hydroxylation is 1. The van der Waals surface area contributed by atoms with Crippen molar-refractivity contribution in [2.75, 3.05) is 19.7 Å². The summed E-state index contributed by atoms with van der Waals surface area (Å²) < 4.78 is 10.6. The molecule has 2 aromatic heterocycles. The Labute approximate surface area is 126 Å². The fraction of sp³-hybridized carbons (Fsp3) is 0.500. The lowest BCUT2D eigenvalue weighted by molar-refractivity contribution is -0.138. The van der Waals surface area contributed by atoms with Gasteiger partial charge in [-0.2, -0.15) is 4.98 Å². The van der Waals surface area contributed by atoms with Gasteiger partial charge in [-0.05, 0) is 18.4 Å². The summed E-state index contributed by atoms with van der Waals surface area (Å²) in [6.45, 7) is 3.90. The third kappa shape index (κ3) is 3.48. The van der Waals surface area contributed by atoms with Gasteiger partial charge in [-0.25, -0.2) is 0 Å². The second kappa shape index (κ2) is 6.36. The average Bonchev–Trinajstić information content (AvgIpc) is 3.15. The molecule has 3 heterocycles. The molecule has 1 aliphatic rings. The van der Waals surface area contributed by atoms with Gasteiger partial charge in [-0.3, -0.25) is 4.79 Å². The molecule has 3 rings (SSSR count). The van der Waals surface area contributed by atoms with Gasteiger partial charge < -0.3 is 14.2 Å². The van der Waals surface area contributed by atoms with Crippen LogP contribution < -0.4 is 0 Å². The first-order chi connectivity index (χ1) is 10.2. The van der Waals surface area contributed by atoms with Crippen LogP contribution in [-0.4, -0.2) is 46.7 Å². The van der Waals surface area contributed by atoms with Crippen molar-refractivity contribution in [3.63, 3.8) is 0 Å². The lowest BCUT2D eigenvalue weighted by Gasteiger charge is -2.31. The van der Waals surface area contributed by atoms with Gasteiger partial charge in [0.05, 0.1) is 17.6 Å². The summed E-state index contributed by atoms with van der Waals surface area (Å²) >= 11 is 1.56. The quantitative estimate of drug-likeness (QED) is 0.864. The molecule has 7 heteroatoms. The van der Waals surface area contributed by atoms with E-state index < -0.39 is 0 Å². The molecule has 1 aliphatic heterocycles.